The van der Waals surface area contributed by atoms with Crippen LogP contribution in [0, 0.1) is 60.4 Å². The number of benzene rings is 3. The third kappa shape index (κ3) is 9.18. The van der Waals surface area contributed by atoms with E-state index >= 15 is 0 Å². The van der Waals surface area contributed by atoms with Gasteiger partial charge < -0.3 is 35.5 Å². The van der Waals surface area contributed by atoms with Crippen LogP contribution in [0.4, 0.5) is 35.1 Å². The van der Waals surface area contributed by atoms with Gasteiger partial charge in [0.25, 0.3) is 11.6 Å². The normalized spacial score (nSPS) is 10.3. The zero-order valence-electron chi connectivity index (χ0n) is 26.8. The highest BCUT2D eigenvalue weighted by Gasteiger charge is 2.30. The van der Waals surface area contributed by atoms with Gasteiger partial charge in [0.05, 0.1) is 23.1 Å². The van der Waals surface area contributed by atoms with Crippen LogP contribution in [0.5, 0.6) is 0 Å². The highest BCUT2D eigenvalue weighted by Crippen LogP contribution is 2.25. The van der Waals surface area contributed by atoms with Crippen molar-refractivity contribution in [1.29, 1.82) is 0 Å². The average Bonchev–Trinajstić information content (AvgIpc) is 3.66. The van der Waals surface area contributed by atoms with E-state index < -0.39 is 92.7 Å². The third-order valence-corrected chi connectivity index (χ3v) is 7.12. The Morgan fingerprint density at radius 3 is 1.04 bits per heavy atom. The number of aromatic nitrogens is 4. The van der Waals surface area contributed by atoms with Gasteiger partial charge in [0.2, 0.25) is 0 Å². The fourth-order valence-electron chi connectivity index (χ4n) is 4.46. The summed E-state index contributed by atoms with van der Waals surface area (Å²) < 4.78 is 107. The van der Waals surface area contributed by atoms with Crippen LogP contribution < -0.4 is 19.3 Å². The number of hydrogen-bond acceptors (Lipinski definition) is 6. The van der Waals surface area contributed by atoms with Gasteiger partial charge in [-0.3, -0.25) is 0 Å². The second-order valence-corrected chi connectivity index (χ2v) is 10.3. The molecule has 0 bridgehead atoms. The van der Waals surface area contributed by atoms with E-state index in [4.69, 9.17) is 10.2 Å². The molecule has 0 atom stereocenters. The fourth-order valence-corrected chi connectivity index (χ4v) is 4.46. The zero-order valence-corrected chi connectivity index (χ0v) is 26.8. The van der Waals surface area contributed by atoms with E-state index in [2.05, 4.69) is 69.6 Å². The Balaban J connectivity index is 0.000000276. The number of rotatable bonds is 8. The first-order valence-corrected chi connectivity index (χ1v) is 14.1. The summed E-state index contributed by atoms with van der Waals surface area (Å²) >= 11 is 0. The van der Waals surface area contributed by atoms with E-state index in [1.165, 1.54) is 22.8 Å². The number of carbonyl (C=O) groups excluding carboxylic acids is 2. The molecule has 0 amide bonds. The number of aryl methyl sites for hydroxylation is 2. The molecule has 5 aromatic rings. The topological polar surface area (TPSA) is 226 Å². The summed E-state index contributed by atoms with van der Waals surface area (Å²) in [6.45, 7) is 5.98. The maximum absolute atomic E-state index is 12.9. The Labute approximate surface area is 290 Å². The van der Waals surface area contributed by atoms with Gasteiger partial charge >= 0.3 is 11.9 Å². The minimum Gasteiger partial charge on any atom is -0.545 e. The van der Waals surface area contributed by atoms with E-state index in [9.17, 15) is 64.5 Å². The van der Waals surface area contributed by atoms with Gasteiger partial charge in [0, 0.05) is 25.0 Å². The minimum atomic E-state index is -2.50. The molecule has 0 aliphatic heterocycles. The molecule has 0 saturated carbocycles. The first kappa shape index (κ1) is 42.5. The smallest absolute Gasteiger partial charge is 0.341 e. The van der Waals surface area contributed by atoms with Crippen LogP contribution in [0.3, 0.4) is 0 Å². The fraction of sp³-hybridized carbons (Fsp3) is 0.125. The van der Waals surface area contributed by atoms with E-state index in [0.29, 0.717) is 0 Å². The van der Waals surface area contributed by atoms with Crippen LogP contribution in [-0.4, -0.2) is 49.5 Å². The number of nitrogens with one attached hydrogen (secondary N) is 2. The highest BCUT2D eigenvalue weighted by molar-refractivity contribution is 5.93. The Morgan fingerprint density at radius 2 is 0.830 bits per heavy atom. The molecule has 0 saturated heterocycles. The van der Waals surface area contributed by atoms with Gasteiger partial charge in [0.15, 0.2) is 46.5 Å². The molecule has 0 spiro atoms. The molecular weight excluding hydrogens is 736 g/mol. The van der Waals surface area contributed by atoms with Crippen molar-refractivity contribution >= 4 is 23.9 Å². The van der Waals surface area contributed by atoms with Crippen LogP contribution in [0.15, 0.2) is 49.1 Å². The molecule has 2 heterocycles. The summed E-state index contributed by atoms with van der Waals surface area (Å²) in [6.07, 6.45) is 8.12. The predicted octanol–water partition coefficient (Wildman–Crippen LogP) is 1.42. The summed E-state index contributed by atoms with van der Waals surface area (Å²) in [5, 5.41) is 36.8. The van der Waals surface area contributed by atoms with E-state index in [-0.39, 0.29) is 5.48 Å². The Morgan fingerprint density at radius 1 is 0.566 bits per heavy atom. The van der Waals surface area contributed by atoms with Crippen LogP contribution in [0.25, 0.3) is 0 Å². The SMILES string of the molecule is Cc1[nH]cc[n+]1Cc1ccccc1C[n+]1cc[nH]c1C.O.O=C([O-])c1c(F)c(F)c(C(=O)O)c(F)c1F.O=C([O-])c1c(F)c(F)c(C(=O)O)c(F)c1F. The average molecular weight is 761 g/mol. The van der Waals surface area contributed by atoms with Crippen molar-refractivity contribution in [2.24, 2.45) is 0 Å². The Hall–Kier alpha value is -6.64. The molecule has 0 radical (unpaired) electrons. The Kier molecular flexibility index (Phi) is 14.1. The van der Waals surface area contributed by atoms with Gasteiger partial charge in [0.1, 0.15) is 49.0 Å². The molecule has 0 fully saturated rings. The number of hydrogen-bond donors (Lipinski definition) is 4. The van der Waals surface area contributed by atoms with Crippen molar-refractivity contribution in [3.8, 4) is 0 Å². The lowest BCUT2D eigenvalue weighted by Gasteiger charge is -2.09. The molecule has 5 rings (SSSR count). The lowest BCUT2D eigenvalue weighted by molar-refractivity contribution is -0.698. The zero-order chi connectivity index (χ0) is 39.2. The van der Waals surface area contributed by atoms with E-state index in [1.807, 2.05) is 12.4 Å². The molecule has 282 valence electrons. The summed E-state index contributed by atoms with van der Waals surface area (Å²) in [4.78, 5) is 47.2. The van der Waals surface area contributed by atoms with Gasteiger partial charge in [-0.15, -0.1) is 0 Å². The number of aromatic carboxylic acids is 4. The number of nitrogens with zero attached hydrogens (tertiary/aromatic N) is 2. The lowest BCUT2D eigenvalue weighted by atomic mass is 10.1. The first-order valence-electron chi connectivity index (χ1n) is 14.1. The molecule has 0 aliphatic carbocycles. The van der Waals surface area contributed by atoms with Crippen molar-refractivity contribution in [1.82, 2.24) is 9.97 Å². The van der Waals surface area contributed by atoms with Crippen molar-refractivity contribution in [3.05, 3.63) is 141 Å². The second-order valence-electron chi connectivity index (χ2n) is 10.3. The maximum Gasteiger partial charge on any atom is 0.341 e. The van der Waals surface area contributed by atoms with Crippen molar-refractivity contribution < 1.29 is 89.3 Å². The van der Waals surface area contributed by atoms with Crippen LogP contribution >= 0.6 is 0 Å². The molecule has 0 aliphatic rings. The number of carbonyl (C=O) groups is 4. The van der Waals surface area contributed by atoms with Gasteiger partial charge in [-0.05, 0) is 0 Å². The molecule has 3 aromatic carbocycles. The molecule has 0 unspecified atom stereocenters. The summed E-state index contributed by atoms with van der Waals surface area (Å²) in [5.74, 6) is -25.7. The largest absolute Gasteiger partial charge is 0.545 e. The summed E-state index contributed by atoms with van der Waals surface area (Å²) in [6, 6.07) is 8.63. The van der Waals surface area contributed by atoms with Crippen LogP contribution in [0.2, 0.25) is 0 Å². The summed E-state index contributed by atoms with van der Waals surface area (Å²) in [5.41, 5.74) is -5.07. The van der Waals surface area contributed by atoms with Gasteiger partial charge in [-0.1, -0.05) is 24.3 Å². The molecule has 53 heavy (non-hydrogen) atoms. The highest BCUT2D eigenvalue weighted by atomic mass is 19.2. The standard InChI is InChI=1S/C16H18N4.2C8H2F4O4.H2O/c1-13-17-7-9-19(13)11-15-5-3-4-6-16(15)12-20-10-8-18-14(20)2;2*9-3-1(7(13)14)4(10)6(12)2(5(3)11)8(15)16;/h3-10H,11-12H2,1-2H3;2*(H,13,14)(H,15,16);1H2. The van der Waals surface area contributed by atoms with Crippen LogP contribution in [0.1, 0.15) is 64.2 Å². The molecule has 2 aromatic heterocycles. The second kappa shape index (κ2) is 17.5. The molecular formula is C32H24F8N4O9. The monoisotopic (exact) mass is 760 g/mol. The maximum atomic E-state index is 12.9. The summed E-state index contributed by atoms with van der Waals surface area (Å²) in [7, 11) is 0. The minimum absolute atomic E-state index is 0. The van der Waals surface area contributed by atoms with Gasteiger partial charge in [-0.25, -0.2) is 63.8 Å². The number of imidazole rings is 2. The number of carboxylic acid groups (broad SMARTS) is 4. The molecule has 6 N–H and O–H groups in total. The van der Waals surface area contributed by atoms with Gasteiger partial charge in [-0.2, -0.15) is 0 Å². The molecule has 21 heteroatoms. The quantitative estimate of drug-likeness (QED) is 0.103. The third-order valence-electron chi connectivity index (χ3n) is 7.12. The van der Waals surface area contributed by atoms with Crippen molar-refractivity contribution in [3.63, 3.8) is 0 Å². The number of H-pyrrole nitrogens is 2. The van der Waals surface area contributed by atoms with Crippen molar-refractivity contribution in [2.45, 2.75) is 26.9 Å². The van der Waals surface area contributed by atoms with Crippen LogP contribution in [-0.2, 0) is 13.1 Å². The Bertz CT molecular complexity index is 1900. The van der Waals surface area contributed by atoms with E-state index in [0.717, 1.165) is 13.1 Å². The number of carboxylic acids is 4. The van der Waals surface area contributed by atoms with Crippen molar-refractivity contribution in [2.75, 3.05) is 0 Å². The van der Waals surface area contributed by atoms with E-state index in [1.54, 1.807) is 0 Å². The number of aromatic amines is 2. The predicted molar refractivity (Wildman–Crippen MR) is 155 cm³/mol. The molecule has 13 nitrogen and oxygen atoms in total. The first-order chi connectivity index (χ1) is 24.3. The lowest BCUT2D eigenvalue weighted by Crippen LogP contribution is -2.38. The number of halogens is 8.